The lowest BCUT2D eigenvalue weighted by molar-refractivity contribution is 0.0528. The van der Waals surface area contributed by atoms with Gasteiger partial charge in [-0.1, -0.05) is 48.5 Å². The minimum Gasteiger partial charge on any atom is -0.506 e. The van der Waals surface area contributed by atoms with Crippen LogP contribution in [-0.4, -0.2) is 27.8 Å². The summed E-state index contributed by atoms with van der Waals surface area (Å²) in [6.07, 6.45) is 0. The zero-order valence-electron chi connectivity index (χ0n) is 16.2. The summed E-state index contributed by atoms with van der Waals surface area (Å²) >= 11 is 0. The van der Waals surface area contributed by atoms with E-state index in [0.29, 0.717) is 11.3 Å². The first kappa shape index (κ1) is 19.2. The van der Waals surface area contributed by atoms with Crippen LogP contribution in [0, 0.1) is 0 Å². The number of esters is 1. The Morgan fingerprint density at radius 3 is 2.47 bits per heavy atom. The number of azo groups is 1. The first-order valence-electron chi connectivity index (χ1n) is 9.39. The maximum atomic E-state index is 12.7. The Hall–Kier alpha value is -4.13. The third-order valence-corrected chi connectivity index (χ3v) is 4.61. The molecular formula is C23H19N3O4. The van der Waals surface area contributed by atoms with Crippen molar-refractivity contribution in [2.24, 2.45) is 10.2 Å². The molecule has 1 heterocycles. The molecule has 0 unspecified atom stereocenters. The highest BCUT2D eigenvalue weighted by atomic mass is 16.5. The Morgan fingerprint density at radius 2 is 1.70 bits per heavy atom. The van der Waals surface area contributed by atoms with E-state index in [1.807, 2.05) is 42.5 Å². The standard InChI is InChI=1S/C23H19N3O4/c1-2-30-23(29)19-20(16-12-11-14-7-3-4-8-15(14)13-16)24-22(28)21(19)26-25-17-9-5-6-10-18(17)27/h3-13,24,27-28H,2H2,1H3. The molecule has 3 aromatic carbocycles. The van der Waals surface area contributed by atoms with Crippen molar-refractivity contribution in [2.45, 2.75) is 6.92 Å². The van der Waals surface area contributed by atoms with Crippen molar-refractivity contribution >= 4 is 28.1 Å². The number of aromatic nitrogens is 1. The number of carbonyl (C=O) groups is 1. The van der Waals surface area contributed by atoms with E-state index < -0.39 is 5.97 Å². The van der Waals surface area contributed by atoms with Crippen LogP contribution in [0.25, 0.3) is 22.0 Å². The van der Waals surface area contributed by atoms with Gasteiger partial charge in [-0.3, -0.25) is 0 Å². The van der Waals surface area contributed by atoms with Crippen LogP contribution < -0.4 is 0 Å². The number of nitrogens with zero attached hydrogens (tertiary/aromatic N) is 2. The van der Waals surface area contributed by atoms with Crippen molar-refractivity contribution in [3.8, 4) is 22.9 Å². The van der Waals surface area contributed by atoms with Gasteiger partial charge >= 0.3 is 5.97 Å². The zero-order chi connectivity index (χ0) is 21.1. The number of nitrogens with one attached hydrogen (secondary N) is 1. The van der Waals surface area contributed by atoms with Crippen LogP contribution in [0.5, 0.6) is 11.6 Å². The number of ether oxygens (including phenoxy) is 1. The number of aromatic hydroxyl groups is 2. The predicted octanol–water partition coefficient (Wildman–Crippen LogP) is 5.84. The van der Waals surface area contributed by atoms with E-state index >= 15 is 0 Å². The minimum atomic E-state index is -0.636. The van der Waals surface area contributed by atoms with Gasteiger partial charge in [-0.05, 0) is 41.5 Å². The molecule has 0 bridgehead atoms. The van der Waals surface area contributed by atoms with Gasteiger partial charge in [-0.2, -0.15) is 0 Å². The maximum Gasteiger partial charge on any atom is 0.342 e. The molecule has 0 saturated carbocycles. The smallest absolute Gasteiger partial charge is 0.342 e. The van der Waals surface area contributed by atoms with Crippen LogP contribution in [-0.2, 0) is 4.74 Å². The molecule has 0 aliphatic heterocycles. The molecule has 4 rings (SSSR count). The van der Waals surface area contributed by atoms with Crippen molar-refractivity contribution in [1.29, 1.82) is 0 Å². The number of hydrogen-bond donors (Lipinski definition) is 3. The summed E-state index contributed by atoms with van der Waals surface area (Å²) in [6, 6.07) is 19.9. The van der Waals surface area contributed by atoms with E-state index in [2.05, 4.69) is 15.2 Å². The van der Waals surface area contributed by atoms with Gasteiger partial charge in [-0.15, -0.1) is 10.2 Å². The van der Waals surface area contributed by atoms with Crippen LogP contribution in [0.15, 0.2) is 77.0 Å². The number of hydrogen-bond acceptors (Lipinski definition) is 6. The Balaban J connectivity index is 1.85. The number of benzene rings is 3. The summed E-state index contributed by atoms with van der Waals surface area (Å²) < 4.78 is 5.19. The average molecular weight is 401 g/mol. The number of phenols is 1. The Labute approximate surface area is 172 Å². The molecule has 30 heavy (non-hydrogen) atoms. The fourth-order valence-electron chi connectivity index (χ4n) is 3.19. The van der Waals surface area contributed by atoms with Crippen LogP contribution in [0.2, 0.25) is 0 Å². The van der Waals surface area contributed by atoms with E-state index in [-0.39, 0.29) is 35.2 Å². The monoisotopic (exact) mass is 401 g/mol. The highest BCUT2D eigenvalue weighted by molar-refractivity contribution is 6.04. The number of aromatic amines is 1. The third-order valence-electron chi connectivity index (χ3n) is 4.61. The molecule has 7 heteroatoms. The molecule has 0 atom stereocenters. The second kappa shape index (κ2) is 8.08. The highest BCUT2D eigenvalue weighted by Gasteiger charge is 2.26. The molecule has 0 amide bonds. The van der Waals surface area contributed by atoms with Crippen molar-refractivity contribution in [3.63, 3.8) is 0 Å². The van der Waals surface area contributed by atoms with E-state index in [1.165, 1.54) is 6.07 Å². The van der Waals surface area contributed by atoms with Gasteiger partial charge in [0, 0.05) is 0 Å². The van der Waals surface area contributed by atoms with Gasteiger partial charge in [0.05, 0.1) is 12.3 Å². The molecule has 7 nitrogen and oxygen atoms in total. The Kier molecular flexibility index (Phi) is 5.17. The molecule has 0 saturated heterocycles. The molecule has 150 valence electrons. The number of H-pyrrole nitrogens is 1. The lowest BCUT2D eigenvalue weighted by Crippen LogP contribution is -2.05. The van der Waals surface area contributed by atoms with Crippen molar-refractivity contribution in [2.75, 3.05) is 6.61 Å². The molecule has 1 aromatic heterocycles. The molecule has 0 aliphatic rings. The normalized spacial score (nSPS) is 11.2. The third kappa shape index (κ3) is 3.60. The van der Waals surface area contributed by atoms with E-state index in [4.69, 9.17) is 4.74 Å². The van der Waals surface area contributed by atoms with Crippen molar-refractivity contribution < 1.29 is 19.7 Å². The summed E-state index contributed by atoms with van der Waals surface area (Å²) in [5.74, 6) is -1.02. The SMILES string of the molecule is CCOC(=O)c1c(-c2ccc3ccccc3c2)[nH]c(O)c1N=Nc1ccccc1O. The number of rotatable bonds is 5. The number of carbonyl (C=O) groups excluding carboxylic acids is 1. The predicted molar refractivity (Wildman–Crippen MR) is 114 cm³/mol. The molecule has 3 N–H and O–H groups in total. The zero-order valence-corrected chi connectivity index (χ0v) is 16.2. The first-order chi connectivity index (χ1) is 14.6. The van der Waals surface area contributed by atoms with Gasteiger partial charge in [-0.25, -0.2) is 4.79 Å². The Morgan fingerprint density at radius 1 is 0.967 bits per heavy atom. The van der Waals surface area contributed by atoms with Crippen molar-refractivity contribution in [1.82, 2.24) is 4.98 Å². The fourth-order valence-corrected chi connectivity index (χ4v) is 3.19. The molecule has 0 radical (unpaired) electrons. The van der Waals surface area contributed by atoms with Crippen LogP contribution in [0.4, 0.5) is 11.4 Å². The minimum absolute atomic E-state index is 0.0557. The van der Waals surface area contributed by atoms with Crippen LogP contribution in [0.3, 0.4) is 0 Å². The lowest BCUT2D eigenvalue weighted by atomic mass is 10.0. The van der Waals surface area contributed by atoms with Gasteiger partial charge in [0.25, 0.3) is 0 Å². The Bertz CT molecular complexity index is 1260. The largest absolute Gasteiger partial charge is 0.506 e. The fraction of sp³-hybridized carbons (Fsp3) is 0.0870. The average Bonchev–Trinajstić information content (AvgIpc) is 3.09. The number of para-hydroxylation sites is 1. The molecule has 0 spiro atoms. The number of fused-ring (bicyclic) bond motifs is 1. The highest BCUT2D eigenvalue weighted by Crippen LogP contribution is 2.41. The summed E-state index contributed by atoms with van der Waals surface area (Å²) in [4.78, 5) is 15.5. The molecule has 0 fully saturated rings. The van der Waals surface area contributed by atoms with E-state index in [1.54, 1.807) is 25.1 Å². The summed E-state index contributed by atoms with van der Waals surface area (Å²) in [7, 11) is 0. The van der Waals surface area contributed by atoms with E-state index in [0.717, 1.165) is 10.8 Å². The first-order valence-corrected chi connectivity index (χ1v) is 9.39. The number of phenolic OH excluding ortho intramolecular Hbond substituents is 1. The summed E-state index contributed by atoms with van der Waals surface area (Å²) in [5, 5.41) is 30.4. The van der Waals surface area contributed by atoms with E-state index in [9.17, 15) is 15.0 Å². The topological polar surface area (TPSA) is 107 Å². The van der Waals surface area contributed by atoms with Crippen molar-refractivity contribution in [3.05, 3.63) is 72.3 Å². The molecule has 4 aromatic rings. The van der Waals surface area contributed by atoms with Gasteiger partial charge in [0.15, 0.2) is 5.69 Å². The van der Waals surface area contributed by atoms with Gasteiger partial charge in [0.1, 0.15) is 17.0 Å². The van der Waals surface area contributed by atoms with Gasteiger partial charge in [0.2, 0.25) is 5.88 Å². The quantitative estimate of drug-likeness (QED) is 0.288. The maximum absolute atomic E-state index is 12.7. The van der Waals surface area contributed by atoms with Crippen LogP contribution >= 0.6 is 0 Å². The summed E-state index contributed by atoms with van der Waals surface area (Å²) in [6.45, 7) is 1.86. The van der Waals surface area contributed by atoms with Crippen LogP contribution in [0.1, 0.15) is 17.3 Å². The lowest BCUT2D eigenvalue weighted by Gasteiger charge is -2.06. The molecule has 0 aliphatic carbocycles. The van der Waals surface area contributed by atoms with Gasteiger partial charge < -0.3 is 19.9 Å². The molecular weight excluding hydrogens is 382 g/mol. The summed E-state index contributed by atoms with van der Waals surface area (Å²) in [5.41, 5.74) is 1.29. The second-order valence-electron chi connectivity index (χ2n) is 6.54. The second-order valence-corrected chi connectivity index (χ2v) is 6.54.